The van der Waals surface area contributed by atoms with Crippen LogP contribution in [0.5, 0.6) is 11.6 Å². The molecule has 0 aliphatic rings. The number of aryl methyl sites for hydroxylation is 2. The average molecular weight is 505 g/mol. The molecule has 0 atom stereocenters. The molecule has 7 nitrogen and oxygen atoms in total. The fourth-order valence-electron chi connectivity index (χ4n) is 3.26. The van der Waals surface area contributed by atoms with Crippen molar-refractivity contribution in [2.24, 2.45) is 0 Å². The number of hydrogen-bond donors (Lipinski definition) is 1. The number of benzene rings is 2. The standard InChI is InChI=1S/C26H18Cl2N4O3/c1-15-6-8-19(11-16(15)2)30-24(33)17(14-29)12-20-25(35-22-9-7-18(27)13-21(22)28)31-23-5-3-4-10-32(23)26(20)34/h3-13H,1-2H3,(H,30,33)/b17-12-. The monoisotopic (exact) mass is 504 g/mol. The molecule has 9 heteroatoms. The third kappa shape index (κ3) is 5.19. The Hall–Kier alpha value is -4.12. The molecule has 0 bridgehead atoms. The second kappa shape index (κ2) is 10.0. The first kappa shape index (κ1) is 24.0. The topological polar surface area (TPSA) is 96.5 Å². The molecule has 2 heterocycles. The molecule has 0 unspecified atom stereocenters. The van der Waals surface area contributed by atoms with Crippen molar-refractivity contribution in [1.82, 2.24) is 9.38 Å². The number of fused-ring (bicyclic) bond motifs is 1. The van der Waals surface area contributed by atoms with Gasteiger partial charge in [0.15, 0.2) is 0 Å². The van der Waals surface area contributed by atoms with Gasteiger partial charge in [0.2, 0.25) is 5.88 Å². The number of carbonyl (C=O) groups excluding carboxylic acids is 1. The molecule has 1 N–H and O–H groups in total. The largest absolute Gasteiger partial charge is 0.437 e. The van der Waals surface area contributed by atoms with Crippen molar-refractivity contribution in [3.63, 3.8) is 0 Å². The first-order valence-corrected chi connectivity index (χ1v) is 11.2. The van der Waals surface area contributed by atoms with E-state index in [9.17, 15) is 14.9 Å². The van der Waals surface area contributed by atoms with Gasteiger partial charge < -0.3 is 10.1 Å². The number of anilines is 1. The van der Waals surface area contributed by atoms with Gasteiger partial charge in [-0.1, -0.05) is 35.3 Å². The van der Waals surface area contributed by atoms with Gasteiger partial charge in [-0.3, -0.25) is 14.0 Å². The van der Waals surface area contributed by atoms with Crippen LogP contribution in [0.1, 0.15) is 16.7 Å². The first-order valence-electron chi connectivity index (χ1n) is 10.4. The van der Waals surface area contributed by atoms with Gasteiger partial charge in [0.1, 0.15) is 28.6 Å². The maximum absolute atomic E-state index is 13.3. The quantitative estimate of drug-likeness (QED) is 0.267. The van der Waals surface area contributed by atoms with E-state index in [1.807, 2.05) is 26.0 Å². The molecule has 0 spiro atoms. The van der Waals surface area contributed by atoms with E-state index in [0.717, 1.165) is 17.2 Å². The molecule has 174 valence electrons. The molecule has 2 aromatic carbocycles. The van der Waals surface area contributed by atoms with Gasteiger partial charge in [-0.15, -0.1) is 0 Å². The Morgan fingerprint density at radius 3 is 2.63 bits per heavy atom. The van der Waals surface area contributed by atoms with E-state index in [0.29, 0.717) is 16.4 Å². The van der Waals surface area contributed by atoms with Crippen LogP contribution in [0.4, 0.5) is 5.69 Å². The molecule has 1 amide bonds. The second-order valence-electron chi connectivity index (χ2n) is 7.66. The van der Waals surface area contributed by atoms with Crippen LogP contribution in [0.15, 0.2) is 71.2 Å². The maximum Gasteiger partial charge on any atom is 0.269 e. The molecule has 4 aromatic rings. The maximum atomic E-state index is 13.3. The Morgan fingerprint density at radius 2 is 1.91 bits per heavy atom. The molecule has 2 aromatic heterocycles. The summed E-state index contributed by atoms with van der Waals surface area (Å²) in [5, 5.41) is 13.0. The zero-order valence-electron chi connectivity index (χ0n) is 18.7. The van der Waals surface area contributed by atoms with Crippen molar-refractivity contribution in [1.29, 1.82) is 5.26 Å². The van der Waals surface area contributed by atoms with E-state index in [1.165, 1.54) is 22.7 Å². The highest BCUT2D eigenvalue weighted by molar-refractivity contribution is 6.35. The minimum absolute atomic E-state index is 0.0912. The van der Waals surface area contributed by atoms with E-state index in [-0.39, 0.29) is 27.8 Å². The van der Waals surface area contributed by atoms with Gasteiger partial charge in [0, 0.05) is 16.9 Å². The van der Waals surface area contributed by atoms with Crippen LogP contribution in [0.25, 0.3) is 11.7 Å². The van der Waals surface area contributed by atoms with Crippen molar-refractivity contribution in [2.75, 3.05) is 5.32 Å². The molecule has 0 saturated heterocycles. The lowest BCUT2D eigenvalue weighted by atomic mass is 10.1. The average Bonchev–Trinajstić information content (AvgIpc) is 2.83. The highest BCUT2D eigenvalue weighted by atomic mass is 35.5. The number of aromatic nitrogens is 2. The molecular formula is C26H18Cl2N4O3. The summed E-state index contributed by atoms with van der Waals surface area (Å²) < 4.78 is 7.15. The van der Waals surface area contributed by atoms with Crippen molar-refractivity contribution >= 4 is 46.5 Å². The number of carbonyl (C=O) groups is 1. The number of nitrogens with zero attached hydrogens (tertiary/aromatic N) is 3. The number of halogens is 2. The summed E-state index contributed by atoms with van der Waals surface area (Å²) in [5.74, 6) is -0.586. The van der Waals surface area contributed by atoms with Gasteiger partial charge in [0.25, 0.3) is 11.5 Å². The summed E-state index contributed by atoms with van der Waals surface area (Å²) in [6.45, 7) is 3.87. The summed E-state index contributed by atoms with van der Waals surface area (Å²) in [4.78, 5) is 30.6. The molecular weight excluding hydrogens is 487 g/mol. The highest BCUT2D eigenvalue weighted by Gasteiger charge is 2.18. The van der Waals surface area contributed by atoms with Gasteiger partial charge in [-0.05, 0) is 73.5 Å². The summed E-state index contributed by atoms with van der Waals surface area (Å²) in [5.41, 5.74) is 1.97. The lowest BCUT2D eigenvalue weighted by Crippen LogP contribution is -2.20. The van der Waals surface area contributed by atoms with Crippen molar-refractivity contribution in [3.05, 3.63) is 103 Å². The number of rotatable bonds is 5. The van der Waals surface area contributed by atoms with Gasteiger partial charge in [-0.2, -0.15) is 10.2 Å². The van der Waals surface area contributed by atoms with E-state index in [4.69, 9.17) is 27.9 Å². The number of hydrogen-bond acceptors (Lipinski definition) is 5. The molecule has 35 heavy (non-hydrogen) atoms. The van der Waals surface area contributed by atoms with Gasteiger partial charge in [-0.25, -0.2) is 0 Å². The lowest BCUT2D eigenvalue weighted by Gasteiger charge is -2.12. The molecule has 0 aliphatic carbocycles. The van der Waals surface area contributed by atoms with Crippen molar-refractivity contribution in [3.8, 4) is 17.7 Å². The summed E-state index contributed by atoms with van der Waals surface area (Å²) in [6.07, 6.45) is 2.69. The Bertz CT molecular complexity index is 1600. The summed E-state index contributed by atoms with van der Waals surface area (Å²) in [7, 11) is 0. The number of ether oxygens (including phenoxy) is 1. The van der Waals surface area contributed by atoms with Crippen LogP contribution >= 0.6 is 23.2 Å². The van der Waals surface area contributed by atoms with Crippen LogP contribution < -0.4 is 15.6 Å². The second-order valence-corrected chi connectivity index (χ2v) is 8.51. The Labute approximate surface area is 210 Å². The number of amides is 1. The van der Waals surface area contributed by atoms with Gasteiger partial charge in [0.05, 0.1) is 5.02 Å². The fraction of sp³-hybridized carbons (Fsp3) is 0.0769. The number of nitriles is 1. The van der Waals surface area contributed by atoms with Crippen LogP contribution in [0.2, 0.25) is 10.0 Å². The zero-order chi connectivity index (χ0) is 25.1. The van der Waals surface area contributed by atoms with Crippen molar-refractivity contribution < 1.29 is 9.53 Å². The third-order valence-electron chi connectivity index (χ3n) is 5.25. The minimum Gasteiger partial charge on any atom is -0.437 e. The number of pyridine rings is 1. The predicted molar refractivity (Wildman–Crippen MR) is 136 cm³/mol. The van der Waals surface area contributed by atoms with E-state index in [1.54, 1.807) is 36.4 Å². The lowest BCUT2D eigenvalue weighted by molar-refractivity contribution is -0.112. The SMILES string of the molecule is Cc1ccc(NC(=O)/C(C#N)=C\c2c(Oc3ccc(Cl)cc3Cl)nc3ccccn3c2=O)cc1C. The fourth-order valence-corrected chi connectivity index (χ4v) is 3.70. The van der Waals surface area contributed by atoms with Crippen LogP contribution in [0, 0.1) is 25.2 Å². The molecule has 0 saturated carbocycles. The minimum atomic E-state index is -0.677. The van der Waals surface area contributed by atoms with E-state index in [2.05, 4.69) is 10.3 Å². The molecule has 0 fully saturated rings. The molecule has 4 rings (SSSR count). The summed E-state index contributed by atoms with van der Waals surface area (Å²) >= 11 is 12.2. The van der Waals surface area contributed by atoms with Crippen molar-refractivity contribution in [2.45, 2.75) is 13.8 Å². The highest BCUT2D eigenvalue weighted by Crippen LogP contribution is 2.32. The normalized spacial score (nSPS) is 11.2. The zero-order valence-corrected chi connectivity index (χ0v) is 20.2. The smallest absolute Gasteiger partial charge is 0.269 e. The van der Waals surface area contributed by atoms with Gasteiger partial charge >= 0.3 is 0 Å². The predicted octanol–water partition coefficient (Wildman–Crippen LogP) is 5.96. The van der Waals surface area contributed by atoms with Crippen LogP contribution in [-0.4, -0.2) is 15.3 Å². The molecule has 0 aliphatic heterocycles. The Kier molecular flexibility index (Phi) is 6.87. The number of nitrogens with one attached hydrogen (secondary N) is 1. The third-order valence-corrected chi connectivity index (χ3v) is 5.78. The first-order chi connectivity index (χ1) is 16.8. The summed E-state index contributed by atoms with van der Waals surface area (Å²) in [6, 6.07) is 16.9. The van der Waals surface area contributed by atoms with Crippen LogP contribution in [-0.2, 0) is 4.79 Å². The molecule has 0 radical (unpaired) electrons. The van der Waals surface area contributed by atoms with Crippen LogP contribution in [0.3, 0.4) is 0 Å². The van der Waals surface area contributed by atoms with E-state index >= 15 is 0 Å². The van der Waals surface area contributed by atoms with E-state index < -0.39 is 11.5 Å². The Balaban J connectivity index is 1.80. The Morgan fingerprint density at radius 1 is 1.11 bits per heavy atom.